The minimum absolute atomic E-state index is 0.00213. The van der Waals surface area contributed by atoms with Crippen LogP contribution in [-0.4, -0.2) is 13.0 Å². The van der Waals surface area contributed by atoms with Gasteiger partial charge in [-0.25, -0.2) is 0 Å². The maximum absolute atomic E-state index is 11.0. The second-order valence-corrected chi connectivity index (χ2v) is 4.39. The van der Waals surface area contributed by atoms with E-state index in [2.05, 4.69) is 0 Å². The molecule has 0 amide bonds. The molecule has 1 rings (SSSR count). The predicted octanol–water partition coefficient (Wildman–Crippen LogP) is 0.535. The third kappa shape index (κ3) is 2.03. The molecule has 5 N–H and O–H groups in total. The van der Waals surface area contributed by atoms with Crippen molar-refractivity contribution >= 4 is 15.8 Å². The van der Waals surface area contributed by atoms with Crippen LogP contribution < -0.4 is 11.5 Å². The summed E-state index contributed by atoms with van der Waals surface area (Å²) >= 11 is 0. The molecule has 14 heavy (non-hydrogen) atoms. The maximum atomic E-state index is 11.0. The molecule has 5 nitrogen and oxygen atoms in total. The minimum Gasteiger partial charge on any atom is -0.398 e. The van der Waals surface area contributed by atoms with E-state index in [4.69, 9.17) is 16.0 Å². The van der Waals surface area contributed by atoms with E-state index < -0.39 is 16.2 Å². The number of anilines is 1. The normalized spacial score (nSPS) is 13.9. The Morgan fingerprint density at radius 1 is 1.43 bits per heavy atom. The summed E-state index contributed by atoms with van der Waals surface area (Å²) in [6.07, 6.45) is 0. The quantitative estimate of drug-likeness (QED) is 0.494. The van der Waals surface area contributed by atoms with Crippen LogP contribution in [0.25, 0.3) is 0 Å². The third-order valence-electron chi connectivity index (χ3n) is 1.82. The van der Waals surface area contributed by atoms with Gasteiger partial charge in [0.2, 0.25) is 0 Å². The van der Waals surface area contributed by atoms with Crippen molar-refractivity contribution in [3.63, 3.8) is 0 Å². The van der Waals surface area contributed by atoms with Gasteiger partial charge in [0.1, 0.15) is 4.90 Å². The Hall–Kier alpha value is -1.11. The number of hydrogen-bond donors (Lipinski definition) is 3. The van der Waals surface area contributed by atoms with Crippen molar-refractivity contribution in [2.75, 3.05) is 5.73 Å². The van der Waals surface area contributed by atoms with E-state index in [9.17, 15) is 8.42 Å². The van der Waals surface area contributed by atoms with E-state index >= 15 is 0 Å². The summed E-state index contributed by atoms with van der Waals surface area (Å²) in [6.45, 7) is 1.61. The van der Waals surface area contributed by atoms with Crippen LogP contribution in [0.4, 0.5) is 5.69 Å². The van der Waals surface area contributed by atoms with Crippen LogP contribution in [0, 0.1) is 0 Å². The molecule has 0 radical (unpaired) electrons. The molecule has 0 fully saturated rings. The number of nitrogens with two attached hydrogens (primary N) is 2. The van der Waals surface area contributed by atoms with Crippen LogP contribution in [-0.2, 0) is 10.1 Å². The van der Waals surface area contributed by atoms with Crippen molar-refractivity contribution in [3.05, 3.63) is 23.8 Å². The first kappa shape index (κ1) is 11.0. The number of nitrogen functional groups attached to an aromatic ring is 1. The molecule has 0 saturated carbocycles. The molecule has 0 aliphatic heterocycles. The van der Waals surface area contributed by atoms with Gasteiger partial charge in [-0.2, -0.15) is 8.42 Å². The van der Waals surface area contributed by atoms with Crippen molar-refractivity contribution in [1.82, 2.24) is 0 Å². The lowest BCUT2D eigenvalue weighted by atomic mass is 10.1. The summed E-state index contributed by atoms with van der Waals surface area (Å²) in [5, 5.41) is 0. The molecule has 1 unspecified atom stereocenters. The molecular weight excluding hydrogens is 204 g/mol. The first-order chi connectivity index (χ1) is 6.34. The van der Waals surface area contributed by atoms with E-state index in [1.807, 2.05) is 0 Å². The molecule has 1 aromatic rings. The van der Waals surface area contributed by atoms with Gasteiger partial charge in [-0.3, -0.25) is 4.55 Å². The predicted molar refractivity (Wildman–Crippen MR) is 53.3 cm³/mol. The van der Waals surface area contributed by atoms with E-state index in [0.717, 1.165) is 0 Å². The van der Waals surface area contributed by atoms with Crippen molar-refractivity contribution in [1.29, 1.82) is 0 Å². The number of rotatable bonds is 2. The van der Waals surface area contributed by atoms with Gasteiger partial charge < -0.3 is 11.5 Å². The van der Waals surface area contributed by atoms with Crippen molar-refractivity contribution in [2.24, 2.45) is 5.73 Å². The summed E-state index contributed by atoms with van der Waals surface area (Å²) in [6, 6.07) is 4.00. The number of benzene rings is 1. The van der Waals surface area contributed by atoms with Gasteiger partial charge in [-0.05, 0) is 18.6 Å². The van der Waals surface area contributed by atoms with E-state index in [1.54, 1.807) is 13.0 Å². The Bertz CT molecular complexity index is 440. The van der Waals surface area contributed by atoms with Gasteiger partial charge in [-0.15, -0.1) is 0 Å². The minimum atomic E-state index is -4.31. The lowest BCUT2D eigenvalue weighted by Crippen LogP contribution is -2.13. The highest BCUT2D eigenvalue weighted by Crippen LogP contribution is 2.26. The zero-order valence-corrected chi connectivity index (χ0v) is 8.45. The highest BCUT2D eigenvalue weighted by Gasteiger charge is 2.20. The van der Waals surface area contributed by atoms with Gasteiger partial charge >= 0.3 is 0 Å². The van der Waals surface area contributed by atoms with Crippen LogP contribution in [0.15, 0.2) is 23.1 Å². The van der Waals surface area contributed by atoms with Crippen LogP contribution >= 0.6 is 0 Å². The van der Waals surface area contributed by atoms with E-state index in [1.165, 1.54) is 12.1 Å². The molecule has 0 spiro atoms. The molecule has 1 aromatic carbocycles. The standard InChI is InChI=1S/C8H12N2O3S/c1-5(9)6-3-2-4-7(10)8(6)14(11,12)13/h2-5H,9-10H2,1H3,(H,11,12,13). The Kier molecular flexibility index (Phi) is 2.79. The van der Waals surface area contributed by atoms with Crippen LogP contribution in [0.3, 0.4) is 0 Å². The molecular formula is C8H12N2O3S. The highest BCUT2D eigenvalue weighted by atomic mass is 32.2. The van der Waals surface area contributed by atoms with E-state index in [-0.39, 0.29) is 10.6 Å². The fourth-order valence-corrected chi connectivity index (χ4v) is 2.15. The number of hydrogen-bond acceptors (Lipinski definition) is 4. The molecule has 0 heterocycles. The topological polar surface area (TPSA) is 106 Å². The van der Waals surface area contributed by atoms with Gasteiger partial charge in [0.05, 0.1) is 5.69 Å². The smallest absolute Gasteiger partial charge is 0.296 e. The van der Waals surface area contributed by atoms with Gasteiger partial charge in [0, 0.05) is 6.04 Å². The van der Waals surface area contributed by atoms with Crippen molar-refractivity contribution in [2.45, 2.75) is 17.9 Å². The van der Waals surface area contributed by atoms with Crippen LogP contribution in [0.1, 0.15) is 18.5 Å². The lowest BCUT2D eigenvalue weighted by molar-refractivity contribution is 0.481. The molecule has 0 bridgehead atoms. The zero-order valence-electron chi connectivity index (χ0n) is 7.64. The average Bonchev–Trinajstić information content (AvgIpc) is 2.01. The maximum Gasteiger partial charge on any atom is 0.296 e. The molecule has 78 valence electrons. The van der Waals surface area contributed by atoms with Crippen LogP contribution in [0.5, 0.6) is 0 Å². The van der Waals surface area contributed by atoms with Crippen molar-refractivity contribution in [3.8, 4) is 0 Å². The van der Waals surface area contributed by atoms with Crippen molar-refractivity contribution < 1.29 is 13.0 Å². The molecule has 6 heteroatoms. The molecule has 0 aliphatic rings. The van der Waals surface area contributed by atoms with Gasteiger partial charge in [-0.1, -0.05) is 12.1 Å². The lowest BCUT2D eigenvalue weighted by Gasteiger charge is -2.12. The largest absolute Gasteiger partial charge is 0.398 e. The summed E-state index contributed by atoms with van der Waals surface area (Å²) < 4.78 is 30.9. The average molecular weight is 216 g/mol. The second-order valence-electron chi connectivity index (χ2n) is 3.03. The summed E-state index contributed by atoms with van der Waals surface area (Å²) in [7, 11) is -4.31. The molecule has 0 aliphatic carbocycles. The Balaban J connectivity index is 3.54. The third-order valence-corrected chi connectivity index (χ3v) is 2.81. The first-order valence-corrected chi connectivity index (χ1v) is 5.39. The molecule has 1 atom stereocenters. The fourth-order valence-electron chi connectivity index (χ4n) is 1.23. The Labute approximate surface area is 82.5 Å². The first-order valence-electron chi connectivity index (χ1n) is 3.95. The van der Waals surface area contributed by atoms with Gasteiger partial charge in [0.15, 0.2) is 0 Å². The fraction of sp³-hybridized carbons (Fsp3) is 0.250. The molecule has 0 saturated heterocycles. The Morgan fingerprint density at radius 3 is 2.36 bits per heavy atom. The monoisotopic (exact) mass is 216 g/mol. The second kappa shape index (κ2) is 3.56. The Morgan fingerprint density at radius 2 is 2.00 bits per heavy atom. The summed E-state index contributed by atoms with van der Waals surface area (Å²) in [5.74, 6) is 0. The highest BCUT2D eigenvalue weighted by molar-refractivity contribution is 7.86. The van der Waals surface area contributed by atoms with E-state index in [0.29, 0.717) is 5.56 Å². The SMILES string of the molecule is CC(N)c1cccc(N)c1S(=O)(=O)O. The van der Waals surface area contributed by atoms with Gasteiger partial charge in [0.25, 0.3) is 10.1 Å². The summed E-state index contributed by atoms with van der Waals surface area (Å²) in [5.41, 5.74) is 11.3. The zero-order chi connectivity index (χ0) is 10.9. The summed E-state index contributed by atoms with van der Waals surface area (Å²) in [4.78, 5) is -0.296. The van der Waals surface area contributed by atoms with Crippen LogP contribution in [0.2, 0.25) is 0 Å². The molecule has 0 aromatic heterocycles.